The summed E-state index contributed by atoms with van der Waals surface area (Å²) in [7, 11) is -3.95. The molecule has 1 heterocycles. The van der Waals surface area contributed by atoms with Gasteiger partial charge in [-0.3, -0.25) is 9.10 Å². The molecule has 0 aromatic heterocycles. The van der Waals surface area contributed by atoms with E-state index in [0.717, 1.165) is 4.31 Å². The van der Waals surface area contributed by atoms with Crippen molar-refractivity contribution in [3.05, 3.63) is 83.3 Å². The summed E-state index contributed by atoms with van der Waals surface area (Å²) in [6, 6.07) is 22.1. The number of ether oxygens (including phenoxy) is 2. The number of amides is 1. The molecule has 0 spiro atoms. The number of hydrogen-bond donors (Lipinski definition) is 1. The van der Waals surface area contributed by atoms with Crippen LogP contribution in [0.3, 0.4) is 0 Å². The zero-order chi connectivity index (χ0) is 22.6. The Labute approximate surface area is 195 Å². The summed E-state index contributed by atoms with van der Waals surface area (Å²) in [5, 5.41) is 2.76. The molecule has 0 fully saturated rings. The first-order valence-corrected chi connectivity index (χ1v) is 12.2. The number of carbonyl (C=O) groups excluding carboxylic acids is 1. The first kappa shape index (κ1) is 22.2. The normalized spacial score (nSPS) is 15.1. The second-order valence-corrected chi connectivity index (χ2v) is 9.88. The molecule has 166 valence electrons. The zero-order valence-electron chi connectivity index (χ0n) is 17.0. The average Bonchev–Trinajstić information content (AvgIpc) is 2.81. The molecular weight excluding hydrogens is 496 g/mol. The van der Waals surface area contributed by atoms with Gasteiger partial charge >= 0.3 is 0 Å². The van der Waals surface area contributed by atoms with Gasteiger partial charge in [-0.25, -0.2) is 8.42 Å². The predicted molar refractivity (Wildman–Crippen MR) is 124 cm³/mol. The smallest absolute Gasteiger partial charge is 0.264 e. The van der Waals surface area contributed by atoms with Crippen LogP contribution in [0.1, 0.15) is 0 Å². The van der Waals surface area contributed by atoms with Gasteiger partial charge in [0.1, 0.15) is 19.3 Å². The van der Waals surface area contributed by atoms with Crippen molar-refractivity contribution in [2.24, 2.45) is 0 Å². The monoisotopic (exact) mass is 516 g/mol. The van der Waals surface area contributed by atoms with Gasteiger partial charge in [0.25, 0.3) is 10.0 Å². The molecule has 7 nitrogen and oxygen atoms in total. The van der Waals surface area contributed by atoms with Crippen molar-refractivity contribution in [2.75, 3.05) is 24.0 Å². The van der Waals surface area contributed by atoms with Crippen LogP contribution < -0.4 is 19.1 Å². The zero-order valence-corrected chi connectivity index (χ0v) is 19.4. The third kappa shape index (κ3) is 5.05. The van der Waals surface area contributed by atoms with Crippen LogP contribution in [0.2, 0.25) is 0 Å². The Bertz CT molecular complexity index is 1200. The minimum atomic E-state index is -3.95. The average molecular weight is 517 g/mol. The molecule has 3 aromatic carbocycles. The summed E-state index contributed by atoms with van der Waals surface area (Å²) in [4.78, 5) is 12.9. The van der Waals surface area contributed by atoms with Gasteiger partial charge in [-0.1, -0.05) is 52.3 Å². The molecule has 0 saturated carbocycles. The van der Waals surface area contributed by atoms with E-state index in [2.05, 4.69) is 21.2 Å². The molecule has 0 bridgehead atoms. The summed E-state index contributed by atoms with van der Waals surface area (Å²) in [5.74, 6) is 0.817. The number of hydrogen-bond acceptors (Lipinski definition) is 5. The molecular formula is C23H21BrN2O5S. The van der Waals surface area contributed by atoms with Crippen LogP contribution in [-0.2, 0) is 14.8 Å². The highest BCUT2D eigenvalue weighted by Crippen LogP contribution is 2.30. The van der Waals surface area contributed by atoms with E-state index in [1.807, 2.05) is 18.2 Å². The van der Waals surface area contributed by atoms with Gasteiger partial charge in [0.2, 0.25) is 5.91 Å². The lowest BCUT2D eigenvalue weighted by molar-refractivity contribution is -0.120. The SMILES string of the molecule is O=C(CN(c1cccc(Br)c1)S(=O)(=O)c1ccccc1)NC[C@@H]1COc2ccccc2O1. The fourth-order valence-corrected chi connectivity index (χ4v) is 5.06. The molecule has 1 amide bonds. The molecule has 4 rings (SSSR count). The maximum absolute atomic E-state index is 13.3. The van der Waals surface area contributed by atoms with Crippen LogP contribution in [0.5, 0.6) is 11.5 Å². The van der Waals surface area contributed by atoms with Crippen molar-refractivity contribution in [3.8, 4) is 11.5 Å². The second-order valence-electron chi connectivity index (χ2n) is 7.11. The Balaban J connectivity index is 1.48. The van der Waals surface area contributed by atoms with Crippen LogP contribution in [0.25, 0.3) is 0 Å². The van der Waals surface area contributed by atoms with Crippen molar-refractivity contribution < 1.29 is 22.7 Å². The third-order valence-corrected chi connectivity index (χ3v) is 7.09. The van der Waals surface area contributed by atoms with Crippen molar-refractivity contribution >= 4 is 37.5 Å². The molecule has 0 saturated heterocycles. The van der Waals surface area contributed by atoms with E-state index in [1.54, 1.807) is 48.5 Å². The molecule has 3 aromatic rings. The Hall–Kier alpha value is -3.04. The fourth-order valence-electron chi connectivity index (χ4n) is 3.24. The van der Waals surface area contributed by atoms with Gasteiger partial charge in [0.15, 0.2) is 11.5 Å². The Kier molecular flexibility index (Phi) is 6.66. The first-order valence-electron chi connectivity index (χ1n) is 9.92. The van der Waals surface area contributed by atoms with Crippen LogP contribution >= 0.6 is 15.9 Å². The van der Waals surface area contributed by atoms with Crippen LogP contribution in [-0.4, -0.2) is 40.1 Å². The Morgan fingerprint density at radius 2 is 1.72 bits per heavy atom. The van der Waals surface area contributed by atoms with Gasteiger partial charge in [-0.2, -0.15) is 0 Å². The molecule has 0 unspecified atom stereocenters. The number of anilines is 1. The molecule has 9 heteroatoms. The van der Waals surface area contributed by atoms with E-state index < -0.39 is 15.9 Å². The number of nitrogens with zero attached hydrogens (tertiary/aromatic N) is 1. The van der Waals surface area contributed by atoms with E-state index >= 15 is 0 Å². The van der Waals surface area contributed by atoms with Gasteiger partial charge in [-0.15, -0.1) is 0 Å². The summed E-state index contributed by atoms with van der Waals surface area (Å²) < 4.78 is 39.9. The largest absolute Gasteiger partial charge is 0.486 e. The number of fused-ring (bicyclic) bond motifs is 1. The fraction of sp³-hybridized carbons (Fsp3) is 0.174. The molecule has 1 aliphatic rings. The van der Waals surface area contributed by atoms with Gasteiger partial charge < -0.3 is 14.8 Å². The number of carbonyl (C=O) groups is 1. The predicted octanol–water partition coefficient (Wildman–Crippen LogP) is 3.60. The Morgan fingerprint density at radius 3 is 2.47 bits per heavy atom. The van der Waals surface area contributed by atoms with Gasteiger partial charge in [0, 0.05) is 4.47 Å². The molecule has 0 radical (unpaired) electrons. The van der Waals surface area contributed by atoms with E-state index in [9.17, 15) is 13.2 Å². The van der Waals surface area contributed by atoms with Crippen LogP contribution in [0.4, 0.5) is 5.69 Å². The standard InChI is InChI=1S/C23H21BrN2O5S/c24-17-7-6-8-18(13-17)26(32(28,29)20-9-2-1-3-10-20)15-23(27)25-14-19-16-30-21-11-4-5-12-22(21)31-19/h1-13,19H,14-16H2,(H,25,27)/t19-/m1/s1. The van der Waals surface area contributed by atoms with E-state index in [0.29, 0.717) is 21.7 Å². The van der Waals surface area contributed by atoms with Crippen molar-refractivity contribution in [1.29, 1.82) is 0 Å². The highest BCUT2D eigenvalue weighted by Gasteiger charge is 2.28. The van der Waals surface area contributed by atoms with Gasteiger partial charge in [-0.05, 0) is 42.5 Å². The van der Waals surface area contributed by atoms with Crippen LogP contribution in [0.15, 0.2) is 88.2 Å². The number of nitrogens with one attached hydrogen (secondary N) is 1. The highest BCUT2D eigenvalue weighted by atomic mass is 79.9. The number of halogens is 1. The summed E-state index contributed by atoms with van der Waals surface area (Å²) in [6.45, 7) is 0.0949. The Morgan fingerprint density at radius 1 is 1.00 bits per heavy atom. The summed E-state index contributed by atoms with van der Waals surface area (Å²) in [5.41, 5.74) is 0.379. The topological polar surface area (TPSA) is 84.9 Å². The molecule has 1 atom stereocenters. The second kappa shape index (κ2) is 9.62. The molecule has 32 heavy (non-hydrogen) atoms. The highest BCUT2D eigenvalue weighted by molar-refractivity contribution is 9.10. The molecule has 1 N–H and O–H groups in total. The molecule has 0 aliphatic carbocycles. The van der Waals surface area contributed by atoms with E-state index in [1.165, 1.54) is 12.1 Å². The number of benzene rings is 3. The minimum absolute atomic E-state index is 0.105. The minimum Gasteiger partial charge on any atom is -0.486 e. The lowest BCUT2D eigenvalue weighted by atomic mass is 10.2. The summed E-state index contributed by atoms with van der Waals surface area (Å²) in [6.07, 6.45) is -0.376. The van der Waals surface area contributed by atoms with Crippen LogP contribution in [0, 0.1) is 0 Å². The third-order valence-electron chi connectivity index (χ3n) is 4.81. The lowest BCUT2D eigenvalue weighted by Gasteiger charge is -2.27. The number of sulfonamides is 1. The quantitative estimate of drug-likeness (QED) is 0.518. The summed E-state index contributed by atoms with van der Waals surface area (Å²) >= 11 is 3.36. The van der Waals surface area contributed by atoms with Crippen molar-refractivity contribution in [1.82, 2.24) is 5.32 Å². The lowest BCUT2D eigenvalue weighted by Crippen LogP contribution is -2.45. The van der Waals surface area contributed by atoms with E-state index in [-0.39, 0.29) is 30.7 Å². The molecule has 1 aliphatic heterocycles. The number of rotatable bonds is 7. The number of para-hydroxylation sites is 2. The van der Waals surface area contributed by atoms with E-state index in [4.69, 9.17) is 9.47 Å². The van der Waals surface area contributed by atoms with Gasteiger partial charge in [0.05, 0.1) is 17.1 Å². The van der Waals surface area contributed by atoms with Crippen molar-refractivity contribution in [2.45, 2.75) is 11.0 Å². The maximum Gasteiger partial charge on any atom is 0.264 e. The van der Waals surface area contributed by atoms with Crippen molar-refractivity contribution in [3.63, 3.8) is 0 Å². The maximum atomic E-state index is 13.3. The first-order chi connectivity index (χ1) is 15.4.